The molecule has 1 saturated heterocycles. The minimum atomic E-state index is -3.07. The van der Waals surface area contributed by atoms with E-state index in [1.807, 2.05) is 0 Å². The molecule has 0 spiro atoms. The normalized spacial score (nSPS) is 17.9. The smallest absolute Gasteiger partial charge is 0.255 e. The molecule has 1 aliphatic heterocycles. The third kappa shape index (κ3) is 4.85. The number of rotatable bonds is 5. The fraction of sp³-hybridized carbons (Fsp3) is 0.263. The van der Waals surface area contributed by atoms with Gasteiger partial charge in [-0.1, -0.05) is 12.1 Å². The van der Waals surface area contributed by atoms with E-state index >= 15 is 0 Å². The molecule has 1 aliphatic rings. The molecule has 1 fully saturated rings. The first kappa shape index (κ1) is 18.9. The molecule has 1 atom stereocenters. The molecule has 2 amide bonds. The summed E-state index contributed by atoms with van der Waals surface area (Å²) >= 11 is 0. The SMILES string of the molecule is COc1cccc(NC(=O)c2cccc(C(=O)NC3CCS(=O)(=O)C3)c2)c1. The van der Waals surface area contributed by atoms with Gasteiger partial charge in [0.15, 0.2) is 9.84 Å². The highest BCUT2D eigenvalue weighted by Gasteiger charge is 2.29. The van der Waals surface area contributed by atoms with Crippen LogP contribution in [-0.4, -0.2) is 44.9 Å². The Hall–Kier alpha value is -2.87. The van der Waals surface area contributed by atoms with Crippen LogP contribution in [0.15, 0.2) is 48.5 Å². The number of anilines is 1. The second-order valence-electron chi connectivity index (χ2n) is 6.34. The molecule has 8 heteroatoms. The van der Waals surface area contributed by atoms with Crippen molar-refractivity contribution in [1.29, 1.82) is 0 Å². The molecule has 0 aromatic heterocycles. The molecule has 27 heavy (non-hydrogen) atoms. The number of nitrogens with one attached hydrogen (secondary N) is 2. The zero-order valence-electron chi connectivity index (χ0n) is 14.8. The fourth-order valence-corrected chi connectivity index (χ4v) is 4.56. The zero-order chi connectivity index (χ0) is 19.4. The summed E-state index contributed by atoms with van der Waals surface area (Å²) < 4.78 is 28.1. The van der Waals surface area contributed by atoms with Crippen LogP contribution in [0, 0.1) is 0 Å². The number of amides is 2. The second-order valence-corrected chi connectivity index (χ2v) is 8.57. The van der Waals surface area contributed by atoms with Crippen molar-refractivity contribution in [2.45, 2.75) is 12.5 Å². The number of methoxy groups -OCH3 is 1. The Kier molecular flexibility index (Phi) is 5.46. The predicted molar refractivity (Wildman–Crippen MR) is 102 cm³/mol. The number of benzene rings is 2. The highest BCUT2D eigenvalue weighted by molar-refractivity contribution is 7.91. The number of sulfone groups is 1. The van der Waals surface area contributed by atoms with Gasteiger partial charge < -0.3 is 15.4 Å². The van der Waals surface area contributed by atoms with Crippen LogP contribution in [0.4, 0.5) is 5.69 Å². The van der Waals surface area contributed by atoms with Crippen LogP contribution in [0.5, 0.6) is 5.75 Å². The molecule has 142 valence electrons. The quantitative estimate of drug-likeness (QED) is 0.814. The van der Waals surface area contributed by atoms with Crippen molar-refractivity contribution in [3.8, 4) is 5.75 Å². The van der Waals surface area contributed by atoms with Crippen molar-refractivity contribution in [3.05, 3.63) is 59.7 Å². The standard InChI is InChI=1S/C19H20N2O5S/c1-26-17-7-3-6-15(11-17)20-18(22)13-4-2-5-14(10-13)19(23)21-16-8-9-27(24,25)12-16/h2-7,10-11,16H,8-9,12H2,1H3,(H,20,22)(H,21,23). The molecule has 0 aliphatic carbocycles. The minimum absolute atomic E-state index is 0.0469. The fourth-order valence-electron chi connectivity index (χ4n) is 2.88. The second kappa shape index (κ2) is 7.79. The number of carbonyl (C=O) groups excluding carboxylic acids is 2. The van der Waals surface area contributed by atoms with E-state index in [-0.39, 0.29) is 17.4 Å². The molecular formula is C19H20N2O5S. The first-order valence-corrected chi connectivity index (χ1v) is 10.3. The molecule has 0 bridgehead atoms. The van der Waals surface area contributed by atoms with Crippen molar-refractivity contribution < 1.29 is 22.7 Å². The summed E-state index contributed by atoms with van der Waals surface area (Å²) in [5, 5.41) is 5.47. The summed E-state index contributed by atoms with van der Waals surface area (Å²) in [5.74, 6) is -0.0997. The molecule has 2 aromatic carbocycles. The molecule has 2 aromatic rings. The first-order chi connectivity index (χ1) is 12.9. The Labute approximate surface area is 157 Å². The molecule has 7 nitrogen and oxygen atoms in total. The highest BCUT2D eigenvalue weighted by atomic mass is 32.2. The van der Waals surface area contributed by atoms with Gasteiger partial charge >= 0.3 is 0 Å². The number of hydrogen-bond acceptors (Lipinski definition) is 5. The summed E-state index contributed by atoms with van der Waals surface area (Å²) in [5.41, 5.74) is 1.20. The van der Waals surface area contributed by atoms with Crippen LogP contribution in [0.2, 0.25) is 0 Å². The number of ether oxygens (including phenoxy) is 1. The van der Waals surface area contributed by atoms with Gasteiger partial charge in [0.05, 0.1) is 18.6 Å². The van der Waals surface area contributed by atoms with Gasteiger partial charge in [-0.05, 0) is 36.8 Å². The average molecular weight is 388 g/mol. The van der Waals surface area contributed by atoms with Crippen LogP contribution in [0.1, 0.15) is 27.1 Å². The maximum atomic E-state index is 12.5. The van der Waals surface area contributed by atoms with Crippen molar-refractivity contribution in [2.24, 2.45) is 0 Å². The number of hydrogen-bond donors (Lipinski definition) is 2. The van der Waals surface area contributed by atoms with Crippen LogP contribution in [0.25, 0.3) is 0 Å². The maximum Gasteiger partial charge on any atom is 0.255 e. The first-order valence-electron chi connectivity index (χ1n) is 8.43. The summed E-state index contributed by atoms with van der Waals surface area (Å²) in [4.78, 5) is 24.8. The van der Waals surface area contributed by atoms with E-state index in [1.165, 1.54) is 6.07 Å². The average Bonchev–Trinajstić information content (AvgIpc) is 3.00. The van der Waals surface area contributed by atoms with Gasteiger partial charge in [-0.2, -0.15) is 0 Å². The van der Waals surface area contributed by atoms with E-state index in [4.69, 9.17) is 4.74 Å². The van der Waals surface area contributed by atoms with Gasteiger partial charge in [-0.3, -0.25) is 9.59 Å². The van der Waals surface area contributed by atoms with E-state index in [2.05, 4.69) is 10.6 Å². The van der Waals surface area contributed by atoms with Crippen molar-refractivity contribution in [2.75, 3.05) is 23.9 Å². The van der Waals surface area contributed by atoms with E-state index in [9.17, 15) is 18.0 Å². The Balaban J connectivity index is 1.69. The molecule has 2 N–H and O–H groups in total. The predicted octanol–water partition coefficient (Wildman–Crippen LogP) is 1.86. The lowest BCUT2D eigenvalue weighted by Gasteiger charge is -2.12. The molecule has 0 radical (unpaired) electrons. The van der Waals surface area contributed by atoms with Gasteiger partial charge in [0, 0.05) is 28.9 Å². The van der Waals surface area contributed by atoms with E-state index in [0.29, 0.717) is 29.0 Å². The highest BCUT2D eigenvalue weighted by Crippen LogP contribution is 2.18. The molecular weight excluding hydrogens is 368 g/mol. The van der Waals surface area contributed by atoms with Crippen molar-refractivity contribution in [1.82, 2.24) is 5.32 Å². The topological polar surface area (TPSA) is 102 Å². The van der Waals surface area contributed by atoms with E-state index in [1.54, 1.807) is 49.6 Å². The minimum Gasteiger partial charge on any atom is -0.497 e. The third-order valence-corrected chi connectivity index (χ3v) is 6.05. The van der Waals surface area contributed by atoms with Crippen LogP contribution >= 0.6 is 0 Å². The largest absolute Gasteiger partial charge is 0.497 e. The molecule has 3 rings (SSSR count). The van der Waals surface area contributed by atoms with Crippen molar-refractivity contribution in [3.63, 3.8) is 0 Å². The monoisotopic (exact) mass is 388 g/mol. The Morgan fingerprint density at radius 1 is 1.04 bits per heavy atom. The van der Waals surface area contributed by atoms with Gasteiger partial charge in [-0.15, -0.1) is 0 Å². The lowest BCUT2D eigenvalue weighted by atomic mass is 10.1. The van der Waals surface area contributed by atoms with Gasteiger partial charge in [0.25, 0.3) is 11.8 Å². The third-order valence-electron chi connectivity index (χ3n) is 4.28. The van der Waals surface area contributed by atoms with Gasteiger partial charge in [0.2, 0.25) is 0 Å². The Morgan fingerprint density at radius 2 is 1.74 bits per heavy atom. The van der Waals surface area contributed by atoms with Crippen molar-refractivity contribution >= 4 is 27.3 Å². The van der Waals surface area contributed by atoms with Crippen LogP contribution in [0.3, 0.4) is 0 Å². The van der Waals surface area contributed by atoms with Gasteiger partial charge in [-0.25, -0.2) is 8.42 Å². The lowest BCUT2D eigenvalue weighted by molar-refractivity contribution is 0.0941. The Morgan fingerprint density at radius 3 is 2.41 bits per heavy atom. The molecule has 0 saturated carbocycles. The summed E-state index contributed by atoms with van der Waals surface area (Å²) in [7, 11) is -1.53. The van der Waals surface area contributed by atoms with E-state index in [0.717, 1.165) is 0 Å². The van der Waals surface area contributed by atoms with Crippen LogP contribution < -0.4 is 15.4 Å². The van der Waals surface area contributed by atoms with Crippen LogP contribution in [-0.2, 0) is 9.84 Å². The zero-order valence-corrected chi connectivity index (χ0v) is 15.6. The Bertz CT molecular complexity index is 972. The van der Waals surface area contributed by atoms with Gasteiger partial charge in [0.1, 0.15) is 5.75 Å². The van der Waals surface area contributed by atoms with E-state index < -0.39 is 21.8 Å². The molecule has 1 unspecified atom stereocenters. The summed E-state index contributed by atoms with van der Waals surface area (Å²) in [6.45, 7) is 0. The summed E-state index contributed by atoms with van der Waals surface area (Å²) in [6, 6.07) is 12.8. The molecule has 1 heterocycles. The lowest BCUT2D eigenvalue weighted by Crippen LogP contribution is -2.35. The number of carbonyl (C=O) groups is 2. The maximum absolute atomic E-state index is 12.5. The summed E-state index contributed by atoms with van der Waals surface area (Å²) in [6.07, 6.45) is 0.407.